The van der Waals surface area contributed by atoms with E-state index in [2.05, 4.69) is 6.58 Å². The monoisotopic (exact) mass is 327 g/mol. The molecule has 23 heavy (non-hydrogen) atoms. The summed E-state index contributed by atoms with van der Waals surface area (Å²) in [7, 11) is -3.70. The average Bonchev–Trinajstić information content (AvgIpc) is 2.82. The molecule has 0 radical (unpaired) electrons. The van der Waals surface area contributed by atoms with E-state index in [1.54, 1.807) is 12.1 Å². The molecule has 5 heteroatoms. The van der Waals surface area contributed by atoms with Crippen LogP contribution in [0.25, 0.3) is 5.57 Å². The summed E-state index contributed by atoms with van der Waals surface area (Å²) in [5.41, 5.74) is 2.96. The molecule has 0 saturated heterocycles. The predicted molar refractivity (Wildman–Crippen MR) is 89.8 cm³/mol. The number of benzene rings is 2. The minimum atomic E-state index is -3.70. The molecule has 118 valence electrons. The van der Waals surface area contributed by atoms with E-state index in [1.165, 1.54) is 12.1 Å². The molecule has 0 aliphatic carbocycles. The summed E-state index contributed by atoms with van der Waals surface area (Å²) in [6, 6.07) is 16.5. The highest BCUT2D eigenvalue weighted by Gasteiger charge is 2.31. The van der Waals surface area contributed by atoms with E-state index in [1.807, 2.05) is 37.3 Å². The van der Waals surface area contributed by atoms with Crippen molar-refractivity contribution in [2.45, 2.75) is 17.7 Å². The zero-order chi connectivity index (χ0) is 16.6. The molecular formula is C18H17NO3S. The van der Waals surface area contributed by atoms with Crippen molar-refractivity contribution in [3.05, 3.63) is 83.8 Å². The molecule has 3 rings (SSSR count). The zero-order valence-corrected chi connectivity index (χ0v) is 13.5. The lowest BCUT2D eigenvalue weighted by molar-refractivity contribution is 0.321. The van der Waals surface area contributed by atoms with Gasteiger partial charge in [-0.2, -0.15) is 0 Å². The quantitative estimate of drug-likeness (QED) is 0.939. The number of ether oxygens (including phenoxy) is 1. The van der Waals surface area contributed by atoms with Gasteiger partial charge in [0.1, 0.15) is 11.5 Å². The Kier molecular flexibility index (Phi) is 3.83. The van der Waals surface area contributed by atoms with Crippen LogP contribution in [0.1, 0.15) is 24.0 Å². The molecule has 0 aromatic heterocycles. The first-order chi connectivity index (χ1) is 10.9. The van der Waals surface area contributed by atoms with Crippen molar-refractivity contribution in [3.63, 3.8) is 0 Å². The Labute approximate surface area is 136 Å². The Bertz CT molecular complexity index is 882. The van der Waals surface area contributed by atoms with Gasteiger partial charge in [-0.25, -0.2) is 13.6 Å². The molecule has 0 bridgehead atoms. The minimum absolute atomic E-state index is 0.0727. The number of rotatable bonds is 3. The molecule has 0 saturated carbocycles. The van der Waals surface area contributed by atoms with E-state index >= 15 is 0 Å². The first-order valence-corrected chi connectivity index (χ1v) is 8.68. The lowest BCUT2D eigenvalue weighted by Gasteiger charge is -2.15. The van der Waals surface area contributed by atoms with Gasteiger partial charge >= 0.3 is 0 Å². The molecule has 1 atom stereocenters. The molecule has 1 unspecified atom stereocenters. The predicted octanol–water partition coefficient (Wildman–Crippen LogP) is 3.39. The van der Waals surface area contributed by atoms with Crippen LogP contribution < -0.4 is 5.14 Å². The van der Waals surface area contributed by atoms with Gasteiger partial charge in [-0.1, -0.05) is 49.0 Å². The summed E-state index contributed by atoms with van der Waals surface area (Å²) in [4.78, 5) is 0.0912. The fourth-order valence-electron chi connectivity index (χ4n) is 2.87. The van der Waals surface area contributed by atoms with Gasteiger partial charge in [-0.15, -0.1) is 0 Å². The van der Waals surface area contributed by atoms with Crippen molar-refractivity contribution >= 4 is 15.6 Å². The molecule has 1 aliphatic rings. The van der Waals surface area contributed by atoms with Gasteiger partial charge in [0.05, 0.1) is 10.8 Å². The molecule has 0 fully saturated rings. The highest BCUT2D eigenvalue weighted by molar-refractivity contribution is 7.89. The van der Waals surface area contributed by atoms with Gasteiger partial charge < -0.3 is 4.74 Å². The summed E-state index contributed by atoms with van der Waals surface area (Å²) in [6.07, 6.45) is 0. The second-order valence-electron chi connectivity index (χ2n) is 5.45. The highest BCUT2D eigenvalue weighted by atomic mass is 32.2. The summed E-state index contributed by atoms with van der Waals surface area (Å²) >= 11 is 0. The smallest absolute Gasteiger partial charge is 0.238 e. The van der Waals surface area contributed by atoms with E-state index in [-0.39, 0.29) is 10.8 Å². The van der Waals surface area contributed by atoms with Crippen LogP contribution in [0.4, 0.5) is 0 Å². The van der Waals surface area contributed by atoms with Gasteiger partial charge in [0.25, 0.3) is 0 Å². The van der Waals surface area contributed by atoms with Crippen LogP contribution >= 0.6 is 0 Å². The largest absolute Gasteiger partial charge is 0.466 e. The van der Waals surface area contributed by atoms with Crippen molar-refractivity contribution in [3.8, 4) is 0 Å². The maximum Gasteiger partial charge on any atom is 0.238 e. The van der Waals surface area contributed by atoms with Crippen molar-refractivity contribution in [2.24, 2.45) is 5.14 Å². The number of nitrogens with two attached hydrogens (primary N) is 1. The SMILES string of the molecule is C=C1OC(C)=C(c2ccc(S(N)(=O)=O)cc2)C1c1ccccc1. The Morgan fingerprint density at radius 2 is 1.65 bits per heavy atom. The number of hydrogen-bond acceptors (Lipinski definition) is 3. The number of sulfonamides is 1. The van der Waals surface area contributed by atoms with Crippen LogP contribution in [0.15, 0.2) is 77.6 Å². The average molecular weight is 327 g/mol. The molecule has 2 aromatic rings. The van der Waals surface area contributed by atoms with E-state index in [0.717, 1.165) is 22.5 Å². The molecular weight excluding hydrogens is 310 g/mol. The summed E-state index contributed by atoms with van der Waals surface area (Å²) in [6.45, 7) is 5.90. The molecule has 4 nitrogen and oxygen atoms in total. The van der Waals surface area contributed by atoms with Crippen LogP contribution in [-0.4, -0.2) is 8.42 Å². The lowest BCUT2D eigenvalue weighted by Crippen LogP contribution is -2.12. The first kappa shape index (κ1) is 15.5. The van der Waals surface area contributed by atoms with Crippen LogP contribution in [0, 0.1) is 0 Å². The first-order valence-electron chi connectivity index (χ1n) is 7.13. The van der Waals surface area contributed by atoms with Gasteiger partial charge in [0.2, 0.25) is 10.0 Å². The van der Waals surface area contributed by atoms with E-state index in [4.69, 9.17) is 9.88 Å². The number of allylic oxidation sites excluding steroid dienone is 2. The van der Waals surface area contributed by atoms with Crippen molar-refractivity contribution in [1.29, 1.82) is 0 Å². The Hall–Kier alpha value is -2.37. The van der Waals surface area contributed by atoms with Crippen LogP contribution in [0.5, 0.6) is 0 Å². The van der Waals surface area contributed by atoms with Gasteiger partial charge in [-0.3, -0.25) is 0 Å². The third kappa shape index (κ3) is 2.93. The van der Waals surface area contributed by atoms with E-state index < -0.39 is 10.0 Å². The number of primary sulfonamides is 1. The molecule has 2 aromatic carbocycles. The Morgan fingerprint density at radius 3 is 2.22 bits per heavy atom. The van der Waals surface area contributed by atoms with Crippen molar-refractivity contribution < 1.29 is 13.2 Å². The van der Waals surface area contributed by atoms with Gasteiger partial charge in [0, 0.05) is 5.57 Å². The fraction of sp³-hybridized carbons (Fsp3) is 0.111. The van der Waals surface area contributed by atoms with Crippen LogP contribution in [0.2, 0.25) is 0 Å². The Morgan fingerprint density at radius 1 is 1.04 bits per heavy atom. The molecule has 2 N–H and O–H groups in total. The van der Waals surface area contributed by atoms with Crippen molar-refractivity contribution in [2.75, 3.05) is 0 Å². The molecule has 1 heterocycles. The molecule has 1 aliphatic heterocycles. The third-order valence-corrected chi connectivity index (χ3v) is 4.83. The standard InChI is InChI=1S/C18H17NO3S/c1-12-17(14-6-4-3-5-7-14)18(13(2)22-12)15-8-10-16(11-9-15)23(19,20)21/h3-11,17H,1H2,2H3,(H2,19,20,21). The molecule has 0 amide bonds. The molecule has 0 spiro atoms. The zero-order valence-electron chi connectivity index (χ0n) is 12.7. The summed E-state index contributed by atoms with van der Waals surface area (Å²) < 4.78 is 28.5. The summed E-state index contributed by atoms with van der Waals surface area (Å²) in [5.74, 6) is 1.36. The van der Waals surface area contributed by atoms with Gasteiger partial charge in [0.15, 0.2) is 0 Å². The van der Waals surface area contributed by atoms with Crippen LogP contribution in [0.3, 0.4) is 0 Å². The van der Waals surface area contributed by atoms with Gasteiger partial charge in [-0.05, 0) is 30.2 Å². The number of hydrogen-bond donors (Lipinski definition) is 1. The highest BCUT2D eigenvalue weighted by Crippen LogP contribution is 2.46. The van der Waals surface area contributed by atoms with E-state index in [9.17, 15) is 8.42 Å². The fourth-order valence-corrected chi connectivity index (χ4v) is 3.38. The maximum atomic E-state index is 11.4. The van der Waals surface area contributed by atoms with Crippen LogP contribution in [-0.2, 0) is 14.8 Å². The minimum Gasteiger partial charge on any atom is -0.466 e. The third-order valence-electron chi connectivity index (χ3n) is 3.90. The van der Waals surface area contributed by atoms with Crippen molar-refractivity contribution in [1.82, 2.24) is 0 Å². The second-order valence-corrected chi connectivity index (χ2v) is 7.01. The summed E-state index contributed by atoms with van der Waals surface area (Å²) in [5, 5.41) is 5.15. The maximum absolute atomic E-state index is 11.4. The lowest BCUT2D eigenvalue weighted by atomic mass is 9.86. The Balaban J connectivity index is 2.06. The van der Waals surface area contributed by atoms with E-state index in [0.29, 0.717) is 5.76 Å². The normalized spacial score (nSPS) is 18.2. The second kappa shape index (κ2) is 5.68. The topological polar surface area (TPSA) is 69.4 Å².